The molecule has 0 aliphatic carbocycles. The SMILES string of the molecule is Cn1ncnc1NS(=O)(=O)c1ccc(C#N)cc1. The van der Waals surface area contributed by atoms with Crippen molar-refractivity contribution in [1.82, 2.24) is 14.8 Å². The van der Waals surface area contributed by atoms with Crippen LogP contribution >= 0.6 is 0 Å². The monoisotopic (exact) mass is 263 g/mol. The maximum atomic E-state index is 12.0. The standard InChI is InChI=1S/C10H9N5O2S/c1-15-10(12-7-13-15)14-18(16,17)9-4-2-8(6-11)3-5-9/h2-5,7H,1H3,(H,12,13,14). The number of nitrogens with one attached hydrogen (secondary N) is 1. The van der Waals surface area contributed by atoms with Crippen LogP contribution in [0.2, 0.25) is 0 Å². The molecule has 0 saturated heterocycles. The Kier molecular flexibility index (Phi) is 2.99. The van der Waals surface area contributed by atoms with Crippen LogP contribution in [0.4, 0.5) is 5.95 Å². The quantitative estimate of drug-likeness (QED) is 0.868. The first-order valence-electron chi connectivity index (χ1n) is 4.90. The fourth-order valence-corrected chi connectivity index (χ4v) is 2.31. The molecule has 0 aliphatic heterocycles. The molecule has 7 nitrogen and oxygen atoms in total. The average molecular weight is 263 g/mol. The van der Waals surface area contributed by atoms with Gasteiger partial charge in [-0.25, -0.2) is 17.8 Å². The summed E-state index contributed by atoms with van der Waals surface area (Å²) in [5, 5.41) is 12.4. The molecule has 8 heteroatoms. The van der Waals surface area contributed by atoms with Gasteiger partial charge in [-0.1, -0.05) is 0 Å². The summed E-state index contributed by atoms with van der Waals surface area (Å²) in [5.41, 5.74) is 0.396. The van der Waals surface area contributed by atoms with E-state index >= 15 is 0 Å². The number of anilines is 1. The van der Waals surface area contributed by atoms with Gasteiger partial charge >= 0.3 is 0 Å². The van der Waals surface area contributed by atoms with Crippen molar-refractivity contribution < 1.29 is 8.42 Å². The van der Waals surface area contributed by atoms with Gasteiger partial charge in [0.2, 0.25) is 5.95 Å². The number of aromatic nitrogens is 3. The summed E-state index contributed by atoms with van der Waals surface area (Å²) in [5.74, 6) is 0.124. The molecule has 1 aromatic heterocycles. The lowest BCUT2D eigenvalue weighted by Gasteiger charge is -2.06. The van der Waals surface area contributed by atoms with Crippen molar-refractivity contribution in [2.75, 3.05) is 4.72 Å². The molecule has 0 fully saturated rings. The van der Waals surface area contributed by atoms with Crippen molar-refractivity contribution in [3.05, 3.63) is 36.2 Å². The van der Waals surface area contributed by atoms with E-state index in [2.05, 4.69) is 14.8 Å². The zero-order valence-electron chi connectivity index (χ0n) is 9.40. The maximum absolute atomic E-state index is 12.0. The molecule has 0 saturated carbocycles. The fourth-order valence-electron chi connectivity index (χ4n) is 1.28. The Balaban J connectivity index is 2.31. The van der Waals surface area contributed by atoms with Crippen LogP contribution < -0.4 is 4.72 Å². The van der Waals surface area contributed by atoms with E-state index in [1.54, 1.807) is 7.05 Å². The third-order valence-corrected chi connectivity index (χ3v) is 3.57. The first-order valence-corrected chi connectivity index (χ1v) is 6.38. The number of benzene rings is 1. The summed E-state index contributed by atoms with van der Waals surface area (Å²) < 4.78 is 27.6. The minimum absolute atomic E-state index is 0.0597. The van der Waals surface area contributed by atoms with Crippen LogP contribution in [0.1, 0.15) is 5.56 Å². The van der Waals surface area contributed by atoms with Gasteiger partial charge in [-0.15, -0.1) is 0 Å². The molecule has 0 amide bonds. The molecule has 0 unspecified atom stereocenters. The van der Waals surface area contributed by atoms with Crippen molar-refractivity contribution in [2.24, 2.45) is 7.05 Å². The lowest BCUT2D eigenvalue weighted by Crippen LogP contribution is -2.16. The summed E-state index contributed by atoms with van der Waals surface area (Å²) in [6.07, 6.45) is 1.25. The van der Waals surface area contributed by atoms with E-state index < -0.39 is 10.0 Å². The molecule has 0 radical (unpaired) electrons. The second-order valence-electron chi connectivity index (χ2n) is 3.45. The minimum atomic E-state index is -3.71. The molecule has 2 rings (SSSR count). The van der Waals surface area contributed by atoms with Crippen LogP contribution in [0.3, 0.4) is 0 Å². The second-order valence-corrected chi connectivity index (χ2v) is 5.13. The van der Waals surface area contributed by atoms with E-state index in [-0.39, 0.29) is 10.8 Å². The third-order valence-electron chi connectivity index (χ3n) is 2.23. The number of sulfonamides is 1. The average Bonchev–Trinajstić information content (AvgIpc) is 2.74. The summed E-state index contributed by atoms with van der Waals surface area (Å²) in [6.45, 7) is 0. The zero-order chi connectivity index (χ0) is 13.2. The van der Waals surface area contributed by atoms with Crippen LogP contribution in [-0.4, -0.2) is 23.2 Å². The number of nitriles is 1. The van der Waals surface area contributed by atoms with E-state index in [4.69, 9.17) is 5.26 Å². The Morgan fingerprint density at radius 1 is 1.33 bits per heavy atom. The van der Waals surface area contributed by atoms with E-state index in [0.29, 0.717) is 5.56 Å². The van der Waals surface area contributed by atoms with Gasteiger partial charge in [0.25, 0.3) is 10.0 Å². The van der Waals surface area contributed by atoms with Crippen molar-refractivity contribution >= 4 is 16.0 Å². The van der Waals surface area contributed by atoms with E-state index in [0.717, 1.165) is 0 Å². The predicted molar refractivity (Wildman–Crippen MR) is 63.0 cm³/mol. The molecule has 2 aromatic rings. The number of aryl methyl sites for hydroxylation is 1. The number of nitrogens with zero attached hydrogens (tertiary/aromatic N) is 4. The first-order chi connectivity index (χ1) is 8.53. The van der Waals surface area contributed by atoms with E-state index in [1.807, 2.05) is 6.07 Å². The van der Waals surface area contributed by atoms with Crippen LogP contribution in [0.15, 0.2) is 35.5 Å². The Labute approximate surface area is 104 Å². The topological polar surface area (TPSA) is 101 Å². The third kappa shape index (κ3) is 2.31. The molecular weight excluding hydrogens is 254 g/mol. The highest BCUT2D eigenvalue weighted by Crippen LogP contribution is 2.13. The number of hydrogen-bond acceptors (Lipinski definition) is 5. The Morgan fingerprint density at radius 3 is 2.50 bits per heavy atom. The van der Waals surface area contributed by atoms with Crippen LogP contribution in [0.25, 0.3) is 0 Å². The van der Waals surface area contributed by atoms with Gasteiger partial charge < -0.3 is 0 Å². The van der Waals surface area contributed by atoms with Crippen LogP contribution in [0.5, 0.6) is 0 Å². The largest absolute Gasteiger partial charge is 0.264 e. The van der Waals surface area contributed by atoms with Crippen LogP contribution in [-0.2, 0) is 17.1 Å². The molecule has 92 valence electrons. The molecule has 0 aliphatic rings. The minimum Gasteiger partial charge on any atom is -0.247 e. The van der Waals surface area contributed by atoms with Gasteiger partial charge in [0.05, 0.1) is 16.5 Å². The van der Waals surface area contributed by atoms with Crippen LogP contribution in [0, 0.1) is 11.3 Å². The molecule has 18 heavy (non-hydrogen) atoms. The van der Waals surface area contributed by atoms with Gasteiger partial charge in [-0.2, -0.15) is 15.3 Å². The van der Waals surface area contributed by atoms with E-state index in [1.165, 1.54) is 35.3 Å². The summed E-state index contributed by atoms with van der Waals surface area (Å²) in [6, 6.07) is 7.51. The summed E-state index contributed by atoms with van der Waals surface area (Å²) in [7, 11) is -2.14. The highest BCUT2D eigenvalue weighted by atomic mass is 32.2. The molecule has 0 spiro atoms. The van der Waals surface area contributed by atoms with E-state index in [9.17, 15) is 8.42 Å². The Hall–Kier alpha value is -2.40. The van der Waals surface area contributed by atoms with Gasteiger partial charge in [-0.05, 0) is 24.3 Å². The second kappa shape index (κ2) is 4.46. The van der Waals surface area contributed by atoms with Gasteiger partial charge in [-0.3, -0.25) is 0 Å². The molecule has 1 N–H and O–H groups in total. The van der Waals surface area contributed by atoms with Gasteiger partial charge in [0.15, 0.2) is 0 Å². The fraction of sp³-hybridized carbons (Fsp3) is 0.100. The van der Waals surface area contributed by atoms with Crippen molar-refractivity contribution in [3.8, 4) is 6.07 Å². The maximum Gasteiger partial charge on any atom is 0.264 e. The molecule has 1 heterocycles. The molecule has 1 aromatic carbocycles. The number of rotatable bonds is 3. The molecular formula is C10H9N5O2S. The highest BCUT2D eigenvalue weighted by Gasteiger charge is 2.16. The zero-order valence-corrected chi connectivity index (χ0v) is 10.2. The smallest absolute Gasteiger partial charge is 0.247 e. The Bertz CT molecular complexity index is 697. The van der Waals surface area contributed by atoms with Crippen molar-refractivity contribution in [1.29, 1.82) is 5.26 Å². The summed E-state index contributed by atoms with van der Waals surface area (Å²) in [4.78, 5) is 3.83. The predicted octanol–water partition coefficient (Wildman–Crippen LogP) is 0.488. The molecule has 0 atom stereocenters. The lowest BCUT2D eigenvalue weighted by atomic mass is 10.2. The highest BCUT2D eigenvalue weighted by molar-refractivity contribution is 7.92. The first kappa shape index (κ1) is 12.1. The van der Waals surface area contributed by atoms with Crippen molar-refractivity contribution in [3.63, 3.8) is 0 Å². The molecule has 0 bridgehead atoms. The lowest BCUT2D eigenvalue weighted by molar-refractivity contribution is 0.600. The normalized spacial score (nSPS) is 10.9. The summed E-state index contributed by atoms with van der Waals surface area (Å²) >= 11 is 0. The van der Waals surface area contributed by atoms with Gasteiger partial charge in [0.1, 0.15) is 6.33 Å². The Morgan fingerprint density at radius 2 is 2.00 bits per heavy atom. The van der Waals surface area contributed by atoms with Gasteiger partial charge in [0, 0.05) is 7.05 Å². The number of hydrogen-bond donors (Lipinski definition) is 1. The van der Waals surface area contributed by atoms with Crippen molar-refractivity contribution in [2.45, 2.75) is 4.90 Å².